The lowest BCUT2D eigenvalue weighted by Gasteiger charge is -2.14. The molecule has 0 radical (unpaired) electrons. The zero-order chi connectivity index (χ0) is 23.5. The fraction of sp³-hybridized carbons (Fsp3) is 0.250. The van der Waals surface area contributed by atoms with Crippen LogP contribution in [0, 0.1) is 6.92 Å². The van der Waals surface area contributed by atoms with Gasteiger partial charge in [0.1, 0.15) is 12.4 Å². The van der Waals surface area contributed by atoms with Crippen molar-refractivity contribution < 1.29 is 14.3 Å². The van der Waals surface area contributed by atoms with Gasteiger partial charge in [0.25, 0.3) is 5.91 Å². The highest BCUT2D eigenvalue weighted by molar-refractivity contribution is 7.09. The molecule has 1 unspecified atom stereocenters. The van der Waals surface area contributed by atoms with Crippen molar-refractivity contribution in [3.05, 3.63) is 64.1 Å². The maximum absolute atomic E-state index is 13.1. The number of anilines is 1. The number of benzene rings is 2. The first-order valence-corrected chi connectivity index (χ1v) is 11.3. The molecular formula is C24H25N5O3S. The SMILES string of the molecule is COCC(=O)Nc1cc(C(=O)NC(C)c2csc(C)n2)cc2nc(-c3ccccc3)n(C)c12. The van der Waals surface area contributed by atoms with Gasteiger partial charge in [0.15, 0.2) is 0 Å². The smallest absolute Gasteiger partial charge is 0.251 e. The highest BCUT2D eigenvalue weighted by atomic mass is 32.1. The molecule has 2 heterocycles. The number of hydrogen-bond acceptors (Lipinski definition) is 6. The summed E-state index contributed by atoms with van der Waals surface area (Å²) in [5.74, 6) is 0.144. The summed E-state index contributed by atoms with van der Waals surface area (Å²) in [4.78, 5) is 34.6. The van der Waals surface area contributed by atoms with Crippen LogP contribution in [0.5, 0.6) is 0 Å². The average molecular weight is 464 g/mol. The number of hydrogen-bond donors (Lipinski definition) is 2. The number of rotatable bonds is 7. The molecule has 9 heteroatoms. The molecular weight excluding hydrogens is 438 g/mol. The van der Waals surface area contributed by atoms with Gasteiger partial charge in [-0.1, -0.05) is 30.3 Å². The minimum atomic E-state index is -0.315. The number of imidazole rings is 1. The summed E-state index contributed by atoms with van der Waals surface area (Å²) in [7, 11) is 3.34. The molecule has 8 nitrogen and oxygen atoms in total. The summed E-state index contributed by atoms with van der Waals surface area (Å²) in [6.07, 6.45) is 0. The zero-order valence-corrected chi connectivity index (χ0v) is 19.7. The van der Waals surface area contributed by atoms with Crippen molar-refractivity contribution >= 4 is 39.9 Å². The molecule has 0 spiro atoms. The van der Waals surface area contributed by atoms with E-state index in [2.05, 4.69) is 15.6 Å². The fourth-order valence-electron chi connectivity index (χ4n) is 3.67. The van der Waals surface area contributed by atoms with Crippen LogP contribution in [0.15, 0.2) is 47.8 Å². The number of ether oxygens (including phenoxy) is 1. The highest BCUT2D eigenvalue weighted by Crippen LogP contribution is 2.30. The molecule has 33 heavy (non-hydrogen) atoms. The summed E-state index contributed by atoms with van der Waals surface area (Å²) in [6, 6.07) is 12.9. The summed E-state index contributed by atoms with van der Waals surface area (Å²) >= 11 is 1.54. The summed E-state index contributed by atoms with van der Waals surface area (Å²) < 4.78 is 6.87. The van der Waals surface area contributed by atoms with Gasteiger partial charge in [0.2, 0.25) is 5.91 Å². The topological polar surface area (TPSA) is 98.1 Å². The normalized spacial score (nSPS) is 12.0. The number of carbonyl (C=O) groups is 2. The number of aryl methyl sites for hydroxylation is 2. The van der Waals surface area contributed by atoms with Crippen molar-refractivity contribution in [3.8, 4) is 11.4 Å². The predicted molar refractivity (Wildman–Crippen MR) is 129 cm³/mol. The summed E-state index contributed by atoms with van der Waals surface area (Å²) in [6.45, 7) is 3.72. The fourth-order valence-corrected chi connectivity index (χ4v) is 4.38. The highest BCUT2D eigenvalue weighted by Gasteiger charge is 2.20. The Morgan fingerprint density at radius 3 is 2.61 bits per heavy atom. The first-order chi connectivity index (χ1) is 15.9. The number of thiazole rings is 1. The predicted octanol–water partition coefficient (Wildman–Crippen LogP) is 4.08. The lowest BCUT2D eigenvalue weighted by atomic mass is 10.1. The third kappa shape index (κ3) is 4.79. The number of carbonyl (C=O) groups excluding carboxylic acids is 2. The van der Waals surface area contributed by atoms with E-state index in [1.807, 2.05) is 61.2 Å². The second kappa shape index (κ2) is 9.51. The van der Waals surface area contributed by atoms with Crippen LogP contribution in [0.25, 0.3) is 22.4 Å². The van der Waals surface area contributed by atoms with E-state index in [0.29, 0.717) is 16.8 Å². The van der Waals surface area contributed by atoms with Crippen molar-refractivity contribution in [2.75, 3.05) is 19.0 Å². The molecule has 0 fully saturated rings. The molecule has 0 saturated heterocycles. The van der Waals surface area contributed by atoms with Crippen molar-refractivity contribution in [1.29, 1.82) is 0 Å². The van der Waals surface area contributed by atoms with E-state index in [9.17, 15) is 9.59 Å². The second-order valence-electron chi connectivity index (χ2n) is 7.72. The van der Waals surface area contributed by atoms with Gasteiger partial charge in [-0.3, -0.25) is 9.59 Å². The molecule has 2 aromatic heterocycles. The Kier molecular flexibility index (Phi) is 6.52. The average Bonchev–Trinajstić information content (AvgIpc) is 3.38. The quantitative estimate of drug-likeness (QED) is 0.430. The van der Waals surface area contributed by atoms with E-state index in [1.165, 1.54) is 18.4 Å². The molecule has 170 valence electrons. The van der Waals surface area contributed by atoms with Gasteiger partial charge in [-0.25, -0.2) is 9.97 Å². The van der Waals surface area contributed by atoms with Crippen LogP contribution in [0.1, 0.15) is 34.0 Å². The van der Waals surface area contributed by atoms with Crippen LogP contribution >= 0.6 is 11.3 Å². The van der Waals surface area contributed by atoms with Gasteiger partial charge in [0.05, 0.1) is 33.5 Å². The molecule has 0 aliphatic carbocycles. The Labute approximate surface area is 195 Å². The van der Waals surface area contributed by atoms with Crippen LogP contribution in [-0.2, 0) is 16.6 Å². The Morgan fingerprint density at radius 2 is 1.94 bits per heavy atom. The van der Waals surface area contributed by atoms with Gasteiger partial charge >= 0.3 is 0 Å². The van der Waals surface area contributed by atoms with Gasteiger partial charge < -0.3 is 19.9 Å². The number of nitrogens with one attached hydrogen (secondary N) is 2. The van der Waals surface area contributed by atoms with E-state index < -0.39 is 0 Å². The largest absolute Gasteiger partial charge is 0.375 e. The second-order valence-corrected chi connectivity index (χ2v) is 8.78. The van der Waals surface area contributed by atoms with Gasteiger partial charge in [-0.15, -0.1) is 11.3 Å². The molecule has 2 amide bonds. The van der Waals surface area contributed by atoms with Gasteiger partial charge in [-0.2, -0.15) is 0 Å². The van der Waals surface area contributed by atoms with Gasteiger partial charge in [0, 0.05) is 30.7 Å². The number of fused-ring (bicyclic) bond motifs is 1. The number of nitrogens with zero attached hydrogens (tertiary/aromatic N) is 3. The zero-order valence-electron chi connectivity index (χ0n) is 18.9. The van der Waals surface area contributed by atoms with E-state index in [0.717, 1.165) is 27.6 Å². The summed E-state index contributed by atoms with van der Waals surface area (Å²) in [5.41, 5.74) is 3.96. The van der Waals surface area contributed by atoms with Crippen LogP contribution in [0.2, 0.25) is 0 Å². The maximum Gasteiger partial charge on any atom is 0.251 e. The first-order valence-electron chi connectivity index (χ1n) is 10.4. The van der Waals surface area contributed by atoms with Crippen molar-refractivity contribution in [2.45, 2.75) is 19.9 Å². The maximum atomic E-state index is 13.1. The number of amides is 2. The Bertz CT molecular complexity index is 1310. The Morgan fingerprint density at radius 1 is 1.18 bits per heavy atom. The minimum Gasteiger partial charge on any atom is -0.375 e. The van der Waals surface area contributed by atoms with Crippen molar-refractivity contribution in [2.24, 2.45) is 7.05 Å². The summed E-state index contributed by atoms with van der Waals surface area (Å²) in [5, 5.41) is 8.72. The lowest BCUT2D eigenvalue weighted by Crippen LogP contribution is -2.27. The molecule has 0 aliphatic rings. The van der Waals surface area contributed by atoms with Crippen LogP contribution < -0.4 is 10.6 Å². The molecule has 0 bridgehead atoms. The Hall–Kier alpha value is -3.56. The van der Waals surface area contributed by atoms with Gasteiger partial charge in [-0.05, 0) is 26.0 Å². The minimum absolute atomic E-state index is 0.0957. The van der Waals surface area contributed by atoms with Crippen molar-refractivity contribution in [3.63, 3.8) is 0 Å². The third-order valence-electron chi connectivity index (χ3n) is 5.24. The van der Waals surface area contributed by atoms with Crippen molar-refractivity contribution in [1.82, 2.24) is 19.9 Å². The molecule has 1 atom stereocenters. The lowest BCUT2D eigenvalue weighted by molar-refractivity contribution is -0.119. The molecule has 4 aromatic rings. The molecule has 4 rings (SSSR count). The van der Waals surface area contributed by atoms with E-state index in [4.69, 9.17) is 9.72 Å². The molecule has 0 saturated carbocycles. The Balaban J connectivity index is 1.75. The van der Waals surface area contributed by atoms with E-state index >= 15 is 0 Å². The molecule has 2 aromatic carbocycles. The van der Waals surface area contributed by atoms with Crippen LogP contribution in [0.3, 0.4) is 0 Å². The van der Waals surface area contributed by atoms with Crippen LogP contribution in [-0.4, -0.2) is 40.1 Å². The van der Waals surface area contributed by atoms with E-state index in [-0.39, 0.29) is 24.5 Å². The number of methoxy groups -OCH3 is 1. The van der Waals surface area contributed by atoms with Crippen LogP contribution in [0.4, 0.5) is 5.69 Å². The first kappa shape index (κ1) is 22.6. The number of aromatic nitrogens is 3. The third-order valence-corrected chi connectivity index (χ3v) is 6.03. The molecule has 0 aliphatic heterocycles. The monoisotopic (exact) mass is 463 g/mol. The molecule has 2 N–H and O–H groups in total. The standard InChI is InChI=1S/C24H25N5O3S/c1-14(20-13-33-15(2)26-20)25-24(31)17-10-18(27-21(30)12-32-4)22-19(11-17)28-23(29(22)3)16-8-6-5-7-9-16/h5-11,13-14H,12H2,1-4H3,(H,25,31)(H,27,30). The van der Waals surface area contributed by atoms with E-state index in [1.54, 1.807) is 12.1 Å².